The quantitative estimate of drug-likeness (QED) is 0.201. The van der Waals surface area contributed by atoms with Crippen LogP contribution in [-0.2, 0) is 10.0 Å². The molecule has 3 aromatic heterocycles. The summed E-state index contributed by atoms with van der Waals surface area (Å²) in [7, 11) is -3.52. The number of amides is 2. The van der Waals surface area contributed by atoms with Crippen molar-refractivity contribution in [3.63, 3.8) is 0 Å². The molecule has 0 aliphatic heterocycles. The van der Waals surface area contributed by atoms with Crippen LogP contribution in [0.1, 0.15) is 25.5 Å². The number of nitrogens with one attached hydrogen (secondary N) is 4. The number of hydrogen-bond acceptors (Lipinski definition) is 7. The number of rotatable bonds is 8. The van der Waals surface area contributed by atoms with E-state index in [2.05, 4.69) is 35.6 Å². The fourth-order valence-corrected chi connectivity index (χ4v) is 4.31. The molecule has 0 aliphatic rings. The van der Waals surface area contributed by atoms with Crippen molar-refractivity contribution >= 4 is 44.3 Å². The van der Waals surface area contributed by atoms with Crippen LogP contribution >= 0.6 is 0 Å². The number of anilines is 3. The lowest BCUT2D eigenvalue weighted by Gasteiger charge is -2.12. The van der Waals surface area contributed by atoms with E-state index in [0.717, 1.165) is 34.6 Å². The molecule has 3 heterocycles. The van der Waals surface area contributed by atoms with Gasteiger partial charge in [-0.2, -0.15) is 10.2 Å². The van der Waals surface area contributed by atoms with Crippen LogP contribution in [0.2, 0.25) is 0 Å². The van der Waals surface area contributed by atoms with Crippen molar-refractivity contribution in [1.82, 2.24) is 25.0 Å². The number of fused-ring (bicyclic) bond motifs is 1. The van der Waals surface area contributed by atoms with Gasteiger partial charge in [-0.1, -0.05) is 13.8 Å². The van der Waals surface area contributed by atoms with Crippen LogP contribution in [0.4, 0.5) is 26.5 Å². The first-order valence-corrected chi connectivity index (χ1v) is 14.0. The van der Waals surface area contributed by atoms with Crippen molar-refractivity contribution in [2.24, 2.45) is 0 Å². The molecule has 0 spiro atoms. The minimum absolute atomic E-state index is 0.0555. The number of sulfonamides is 1. The summed E-state index contributed by atoms with van der Waals surface area (Å²) in [6.45, 7) is 3.98. The standard InChI is InChI=1S/C26H25FN8O4S/c1-15(2)23-13-25(35(33-23)17-4-6-21-16(10-17)14-29-32-21)31-26(36)30-22-7-5-18(11-20(22)27)39-19-8-9-28-24(12-19)34-40(3,37)38/h4-15H,1-3H3,(H,28,34)(H,29,32)(H2,30,31,36). The minimum Gasteiger partial charge on any atom is -0.457 e. The van der Waals surface area contributed by atoms with E-state index in [1.165, 1.54) is 30.5 Å². The Morgan fingerprint density at radius 1 is 1.05 bits per heavy atom. The molecule has 0 bridgehead atoms. The molecule has 206 valence electrons. The Kier molecular flexibility index (Phi) is 7.09. The summed E-state index contributed by atoms with van der Waals surface area (Å²) in [6.07, 6.45) is 4.04. The SMILES string of the molecule is CC(C)c1cc(NC(=O)Nc2ccc(Oc3ccnc(NS(C)(=O)=O)c3)cc2F)n(-c2ccc3[nH]ncc3c2)n1. The largest absolute Gasteiger partial charge is 0.457 e. The molecule has 5 aromatic rings. The molecule has 0 atom stereocenters. The Labute approximate surface area is 228 Å². The number of benzene rings is 2. The Hall–Kier alpha value is -4.98. The van der Waals surface area contributed by atoms with Crippen molar-refractivity contribution in [2.75, 3.05) is 21.6 Å². The van der Waals surface area contributed by atoms with Gasteiger partial charge in [-0.3, -0.25) is 15.1 Å². The number of ether oxygens (including phenoxy) is 1. The van der Waals surface area contributed by atoms with E-state index in [4.69, 9.17) is 4.74 Å². The molecule has 40 heavy (non-hydrogen) atoms. The third kappa shape index (κ3) is 6.18. The second-order valence-electron chi connectivity index (χ2n) is 9.24. The van der Waals surface area contributed by atoms with Crippen molar-refractivity contribution in [1.29, 1.82) is 0 Å². The molecular formula is C26H25FN8O4S. The number of urea groups is 1. The fraction of sp³-hybridized carbons (Fsp3) is 0.154. The van der Waals surface area contributed by atoms with Gasteiger partial charge in [0.1, 0.15) is 29.0 Å². The van der Waals surface area contributed by atoms with Crippen molar-refractivity contribution in [3.8, 4) is 17.2 Å². The highest BCUT2D eigenvalue weighted by molar-refractivity contribution is 7.92. The zero-order chi connectivity index (χ0) is 28.4. The zero-order valence-electron chi connectivity index (χ0n) is 21.6. The molecule has 0 fully saturated rings. The average Bonchev–Trinajstić information content (AvgIpc) is 3.51. The van der Waals surface area contributed by atoms with Gasteiger partial charge < -0.3 is 10.1 Å². The first kappa shape index (κ1) is 26.6. The Morgan fingerprint density at radius 3 is 2.60 bits per heavy atom. The maximum Gasteiger partial charge on any atom is 0.324 e. The minimum atomic E-state index is -3.52. The number of carbonyl (C=O) groups is 1. The van der Waals surface area contributed by atoms with E-state index in [1.807, 2.05) is 32.0 Å². The lowest BCUT2D eigenvalue weighted by Crippen LogP contribution is -2.22. The van der Waals surface area contributed by atoms with E-state index in [-0.39, 0.29) is 28.9 Å². The lowest BCUT2D eigenvalue weighted by atomic mass is 10.1. The lowest BCUT2D eigenvalue weighted by molar-refractivity contribution is 0.262. The highest BCUT2D eigenvalue weighted by Crippen LogP contribution is 2.28. The number of pyridine rings is 1. The van der Waals surface area contributed by atoms with E-state index in [1.54, 1.807) is 16.9 Å². The van der Waals surface area contributed by atoms with Gasteiger partial charge in [0.25, 0.3) is 0 Å². The topological polar surface area (TPSA) is 156 Å². The van der Waals surface area contributed by atoms with Gasteiger partial charge in [-0.25, -0.2) is 27.3 Å². The summed E-state index contributed by atoms with van der Waals surface area (Å²) in [6, 6.07) is 13.5. The number of aromatic amines is 1. The van der Waals surface area contributed by atoms with E-state index in [0.29, 0.717) is 5.82 Å². The first-order chi connectivity index (χ1) is 19.0. The normalized spacial score (nSPS) is 11.5. The third-order valence-corrected chi connectivity index (χ3v) is 6.26. The van der Waals surface area contributed by atoms with E-state index in [9.17, 15) is 17.6 Å². The van der Waals surface area contributed by atoms with E-state index >= 15 is 0 Å². The molecule has 0 unspecified atom stereocenters. The second-order valence-corrected chi connectivity index (χ2v) is 11.0. The van der Waals surface area contributed by atoms with Crippen LogP contribution in [0.15, 0.2) is 67.0 Å². The molecule has 0 aliphatic carbocycles. The van der Waals surface area contributed by atoms with Gasteiger partial charge in [0.05, 0.1) is 35.0 Å². The molecule has 2 amide bonds. The van der Waals surface area contributed by atoms with E-state index < -0.39 is 21.9 Å². The maximum absolute atomic E-state index is 14.9. The van der Waals surface area contributed by atoms with Crippen LogP contribution in [0, 0.1) is 5.82 Å². The summed E-state index contributed by atoms with van der Waals surface area (Å²) in [4.78, 5) is 16.8. The smallest absolute Gasteiger partial charge is 0.324 e. The van der Waals surface area contributed by atoms with Crippen molar-refractivity contribution in [3.05, 3.63) is 78.5 Å². The van der Waals surface area contributed by atoms with Gasteiger partial charge in [-0.15, -0.1) is 0 Å². The number of H-pyrrole nitrogens is 1. The molecule has 0 saturated carbocycles. The highest BCUT2D eigenvalue weighted by Gasteiger charge is 2.16. The number of hydrogen-bond donors (Lipinski definition) is 4. The number of halogens is 1. The molecule has 5 rings (SSSR count). The fourth-order valence-electron chi connectivity index (χ4n) is 3.82. The third-order valence-electron chi connectivity index (χ3n) is 5.68. The predicted octanol–water partition coefficient (Wildman–Crippen LogP) is 5.21. The molecule has 14 heteroatoms. The second kappa shape index (κ2) is 10.6. The Bertz CT molecular complexity index is 1820. The summed E-state index contributed by atoms with van der Waals surface area (Å²) in [5.41, 5.74) is 2.27. The van der Waals surface area contributed by atoms with Crippen LogP contribution in [0.25, 0.3) is 16.6 Å². The van der Waals surface area contributed by atoms with Crippen LogP contribution in [0.3, 0.4) is 0 Å². The molecule has 4 N–H and O–H groups in total. The molecular weight excluding hydrogens is 539 g/mol. The maximum atomic E-state index is 14.9. The van der Waals surface area contributed by atoms with Gasteiger partial charge in [0.2, 0.25) is 10.0 Å². The Balaban J connectivity index is 1.31. The summed E-state index contributed by atoms with van der Waals surface area (Å²) >= 11 is 0. The number of nitrogens with zero attached hydrogens (tertiary/aromatic N) is 4. The number of aromatic nitrogens is 5. The summed E-state index contributed by atoms with van der Waals surface area (Å²) in [5, 5.41) is 17.7. The zero-order valence-corrected chi connectivity index (χ0v) is 22.5. The summed E-state index contributed by atoms with van der Waals surface area (Å²) in [5.74, 6) is 0.195. The van der Waals surface area contributed by atoms with Gasteiger partial charge in [-0.05, 0) is 42.3 Å². The number of carbonyl (C=O) groups excluding carboxylic acids is 1. The highest BCUT2D eigenvalue weighted by atomic mass is 32.2. The first-order valence-electron chi connectivity index (χ1n) is 12.1. The van der Waals surface area contributed by atoms with Gasteiger partial charge >= 0.3 is 6.03 Å². The van der Waals surface area contributed by atoms with Gasteiger partial charge in [0, 0.05) is 29.8 Å². The van der Waals surface area contributed by atoms with Crippen LogP contribution in [-0.4, -0.2) is 45.7 Å². The molecule has 12 nitrogen and oxygen atoms in total. The Morgan fingerprint density at radius 2 is 1.85 bits per heavy atom. The molecule has 2 aromatic carbocycles. The van der Waals surface area contributed by atoms with Crippen molar-refractivity contribution < 1.29 is 22.3 Å². The monoisotopic (exact) mass is 564 g/mol. The molecule has 0 radical (unpaired) electrons. The molecule has 0 saturated heterocycles. The summed E-state index contributed by atoms with van der Waals surface area (Å²) < 4.78 is 47.2. The van der Waals surface area contributed by atoms with Crippen LogP contribution in [0.5, 0.6) is 11.5 Å². The average molecular weight is 565 g/mol. The van der Waals surface area contributed by atoms with Crippen molar-refractivity contribution in [2.45, 2.75) is 19.8 Å². The van der Waals surface area contributed by atoms with Crippen LogP contribution < -0.4 is 20.1 Å². The predicted molar refractivity (Wildman–Crippen MR) is 149 cm³/mol. The van der Waals surface area contributed by atoms with Gasteiger partial charge in [0.15, 0.2) is 0 Å².